The first-order valence-electron chi connectivity index (χ1n) is 10.8. The van der Waals surface area contributed by atoms with Gasteiger partial charge < -0.3 is 19.4 Å². The summed E-state index contributed by atoms with van der Waals surface area (Å²) in [6.45, 7) is 7.59. The molecule has 2 aromatic rings. The average molecular weight is 465 g/mol. The third-order valence-corrected chi connectivity index (χ3v) is 5.86. The number of fused-ring (bicyclic) bond motifs is 1. The summed E-state index contributed by atoms with van der Waals surface area (Å²) in [4.78, 5) is 39.5. The summed E-state index contributed by atoms with van der Waals surface area (Å²) in [6, 6.07) is 10.6. The van der Waals surface area contributed by atoms with Crippen LogP contribution in [-0.4, -0.2) is 48.2 Å². The number of esters is 1. The maximum Gasteiger partial charge on any atom is 0.349 e. The molecule has 1 aliphatic heterocycles. The van der Waals surface area contributed by atoms with Crippen molar-refractivity contribution in [3.63, 3.8) is 0 Å². The zero-order chi connectivity index (χ0) is 25.0. The molecule has 9 nitrogen and oxygen atoms in total. The second kappa shape index (κ2) is 9.93. The first-order chi connectivity index (χ1) is 16.1. The molecule has 1 aromatic carbocycles. The van der Waals surface area contributed by atoms with Crippen LogP contribution in [0.5, 0.6) is 0 Å². The zero-order valence-electron chi connectivity index (χ0n) is 20.0. The number of aryl methyl sites for hydroxylation is 1. The summed E-state index contributed by atoms with van der Waals surface area (Å²) in [5, 5.41) is 12.3. The summed E-state index contributed by atoms with van der Waals surface area (Å²) in [5.41, 5.74) is 2.13. The molecule has 178 valence electrons. The highest BCUT2D eigenvalue weighted by molar-refractivity contribution is 6.14. The van der Waals surface area contributed by atoms with Gasteiger partial charge in [-0.2, -0.15) is 5.26 Å². The van der Waals surface area contributed by atoms with Gasteiger partial charge in [0, 0.05) is 25.0 Å². The molecule has 0 saturated heterocycles. The van der Waals surface area contributed by atoms with Crippen LogP contribution in [0.25, 0.3) is 6.08 Å². The third-order valence-electron chi connectivity index (χ3n) is 5.86. The largest absolute Gasteiger partial charge is 0.451 e. The van der Waals surface area contributed by atoms with Crippen molar-refractivity contribution < 1.29 is 23.9 Å². The zero-order valence-corrected chi connectivity index (χ0v) is 20.0. The van der Waals surface area contributed by atoms with E-state index in [9.17, 15) is 19.6 Å². The number of carbonyl (C=O) groups excluding carboxylic acids is 3. The lowest BCUT2D eigenvalue weighted by Gasteiger charge is -2.41. The molecule has 0 fully saturated rings. The van der Waals surface area contributed by atoms with Crippen LogP contribution in [0.3, 0.4) is 0 Å². The van der Waals surface area contributed by atoms with E-state index in [4.69, 9.17) is 9.47 Å². The van der Waals surface area contributed by atoms with Crippen molar-refractivity contribution in [3.8, 4) is 6.07 Å². The molecule has 9 heteroatoms. The Hall–Kier alpha value is -3.90. The minimum absolute atomic E-state index is 0.226. The number of nitrogens with one attached hydrogen (secondary N) is 1. The lowest BCUT2D eigenvalue weighted by Crippen LogP contribution is -2.59. The number of methoxy groups -OCH3 is 1. The van der Waals surface area contributed by atoms with Gasteiger partial charge in [0.1, 0.15) is 17.2 Å². The Labute approximate surface area is 198 Å². The highest BCUT2D eigenvalue weighted by atomic mass is 16.5. The minimum Gasteiger partial charge on any atom is -0.451 e. The van der Waals surface area contributed by atoms with E-state index in [1.54, 1.807) is 45.2 Å². The minimum atomic E-state index is -1.19. The maximum absolute atomic E-state index is 13.0. The fourth-order valence-electron chi connectivity index (χ4n) is 3.96. The van der Waals surface area contributed by atoms with E-state index in [1.165, 1.54) is 11.0 Å². The number of benzene rings is 1. The van der Waals surface area contributed by atoms with Gasteiger partial charge in [0.15, 0.2) is 6.61 Å². The van der Waals surface area contributed by atoms with Crippen molar-refractivity contribution in [1.82, 2.24) is 4.57 Å². The van der Waals surface area contributed by atoms with Crippen molar-refractivity contribution in [2.24, 2.45) is 0 Å². The number of rotatable bonds is 7. The normalized spacial score (nSPS) is 14.8. The van der Waals surface area contributed by atoms with Crippen LogP contribution in [0.15, 0.2) is 35.9 Å². The van der Waals surface area contributed by atoms with Crippen molar-refractivity contribution in [3.05, 3.63) is 52.9 Å². The molecule has 1 N–H and O–H groups in total. The van der Waals surface area contributed by atoms with E-state index >= 15 is 0 Å². The molecular weight excluding hydrogens is 436 g/mol. The molecule has 34 heavy (non-hydrogen) atoms. The molecule has 0 aliphatic carbocycles. The van der Waals surface area contributed by atoms with Crippen LogP contribution in [0.4, 0.5) is 11.4 Å². The SMILES string of the molecule is COCCn1c(C)cc(C=C(C#N)C(=O)OCC(=O)N2c3ccccc3NC(=O)C2(C)C)c1C. The Balaban J connectivity index is 1.78. The third kappa shape index (κ3) is 4.72. The molecule has 2 amide bonds. The van der Waals surface area contributed by atoms with Gasteiger partial charge in [-0.1, -0.05) is 12.1 Å². The molecule has 0 radical (unpaired) electrons. The second-order valence-electron chi connectivity index (χ2n) is 8.48. The van der Waals surface area contributed by atoms with E-state index in [-0.39, 0.29) is 11.5 Å². The van der Waals surface area contributed by atoms with Gasteiger partial charge in [-0.3, -0.25) is 14.5 Å². The number of nitrogens with zero attached hydrogens (tertiary/aromatic N) is 3. The smallest absolute Gasteiger partial charge is 0.349 e. The van der Waals surface area contributed by atoms with Crippen molar-refractivity contribution in [1.29, 1.82) is 5.26 Å². The molecule has 2 heterocycles. The fourth-order valence-corrected chi connectivity index (χ4v) is 3.96. The molecule has 0 saturated carbocycles. The first kappa shape index (κ1) is 24.7. The molecule has 0 spiro atoms. The van der Waals surface area contributed by atoms with Gasteiger partial charge in [-0.05, 0) is 57.5 Å². The number of para-hydroxylation sites is 2. The molecule has 0 atom stereocenters. The van der Waals surface area contributed by atoms with E-state index in [0.717, 1.165) is 11.4 Å². The van der Waals surface area contributed by atoms with Crippen LogP contribution in [0.1, 0.15) is 30.8 Å². The first-order valence-corrected chi connectivity index (χ1v) is 10.8. The maximum atomic E-state index is 13.0. The van der Waals surface area contributed by atoms with Crippen LogP contribution in [0, 0.1) is 25.2 Å². The molecule has 0 bridgehead atoms. The number of ether oxygens (including phenoxy) is 2. The van der Waals surface area contributed by atoms with Gasteiger partial charge in [0.2, 0.25) is 5.91 Å². The fraction of sp³-hybridized carbons (Fsp3) is 0.360. The number of nitriles is 1. The van der Waals surface area contributed by atoms with Gasteiger partial charge in [-0.25, -0.2) is 4.79 Å². The van der Waals surface area contributed by atoms with Gasteiger partial charge in [0.05, 0.1) is 18.0 Å². The quantitative estimate of drug-likeness (QED) is 0.383. The highest BCUT2D eigenvalue weighted by Crippen LogP contribution is 2.36. The lowest BCUT2D eigenvalue weighted by molar-refractivity contribution is -0.144. The second-order valence-corrected chi connectivity index (χ2v) is 8.48. The predicted octanol–water partition coefficient (Wildman–Crippen LogP) is 2.97. The molecular formula is C25H28N4O5. The van der Waals surface area contributed by atoms with E-state index in [2.05, 4.69) is 5.32 Å². The predicted molar refractivity (Wildman–Crippen MR) is 127 cm³/mol. The average Bonchev–Trinajstić information content (AvgIpc) is 3.06. The molecule has 0 unspecified atom stereocenters. The van der Waals surface area contributed by atoms with E-state index in [0.29, 0.717) is 30.1 Å². The number of carbonyl (C=O) groups is 3. The Bertz CT molecular complexity index is 1200. The summed E-state index contributed by atoms with van der Waals surface area (Å²) < 4.78 is 12.3. The van der Waals surface area contributed by atoms with Crippen molar-refractivity contribution in [2.45, 2.75) is 39.8 Å². The topological polar surface area (TPSA) is 114 Å². The Morgan fingerprint density at radius 3 is 2.62 bits per heavy atom. The summed E-state index contributed by atoms with van der Waals surface area (Å²) in [7, 11) is 1.62. The van der Waals surface area contributed by atoms with Crippen LogP contribution < -0.4 is 10.2 Å². The molecule has 3 rings (SSSR count). The monoisotopic (exact) mass is 464 g/mol. The number of aromatic nitrogens is 1. The van der Waals surface area contributed by atoms with Gasteiger partial charge >= 0.3 is 5.97 Å². The van der Waals surface area contributed by atoms with Crippen LogP contribution in [0.2, 0.25) is 0 Å². The number of anilines is 2. The molecule has 1 aliphatic rings. The van der Waals surface area contributed by atoms with E-state index in [1.807, 2.05) is 30.6 Å². The van der Waals surface area contributed by atoms with Crippen LogP contribution in [-0.2, 0) is 30.4 Å². The molecule has 1 aromatic heterocycles. The summed E-state index contributed by atoms with van der Waals surface area (Å²) in [6.07, 6.45) is 1.45. The number of hydrogen-bond donors (Lipinski definition) is 1. The van der Waals surface area contributed by atoms with Gasteiger partial charge in [0.25, 0.3) is 5.91 Å². The number of hydrogen-bond acceptors (Lipinski definition) is 6. The Kier molecular flexibility index (Phi) is 7.23. The summed E-state index contributed by atoms with van der Waals surface area (Å²) >= 11 is 0. The van der Waals surface area contributed by atoms with Crippen LogP contribution >= 0.6 is 0 Å². The van der Waals surface area contributed by atoms with Gasteiger partial charge in [-0.15, -0.1) is 0 Å². The Morgan fingerprint density at radius 1 is 1.24 bits per heavy atom. The lowest BCUT2D eigenvalue weighted by atomic mass is 9.96. The Morgan fingerprint density at radius 2 is 1.94 bits per heavy atom. The number of amides is 2. The standard InChI is InChI=1S/C25H28N4O5/c1-16-12-18(17(2)28(16)10-11-33-5)13-19(14-26)23(31)34-15-22(30)29-21-9-7-6-8-20(21)27-24(32)25(29,3)4/h6-9,12-13H,10-11,15H2,1-5H3,(H,27,32). The highest BCUT2D eigenvalue weighted by Gasteiger charge is 2.43. The van der Waals surface area contributed by atoms with E-state index < -0.39 is 24.0 Å². The van der Waals surface area contributed by atoms with Crippen molar-refractivity contribution >= 4 is 35.2 Å². The van der Waals surface area contributed by atoms with Crippen molar-refractivity contribution in [2.75, 3.05) is 30.5 Å². The summed E-state index contributed by atoms with van der Waals surface area (Å²) in [5.74, 6) is -1.84.